The number of benzene rings is 1. The molecule has 0 bridgehead atoms. The highest BCUT2D eigenvalue weighted by molar-refractivity contribution is 7.99. The first kappa shape index (κ1) is 11.6. The van der Waals surface area contributed by atoms with E-state index in [2.05, 4.69) is 52.7 Å². The molecular weight excluding hydrogens is 228 g/mol. The van der Waals surface area contributed by atoms with Gasteiger partial charge in [-0.3, -0.25) is 0 Å². The molecular formula is C14H20N2S. The van der Waals surface area contributed by atoms with Crippen LogP contribution in [-0.2, 0) is 0 Å². The van der Waals surface area contributed by atoms with E-state index in [4.69, 9.17) is 0 Å². The molecule has 0 spiro atoms. The first-order chi connectivity index (χ1) is 8.43. The van der Waals surface area contributed by atoms with Gasteiger partial charge in [-0.15, -0.1) is 0 Å². The van der Waals surface area contributed by atoms with Crippen molar-refractivity contribution in [3.8, 4) is 0 Å². The van der Waals surface area contributed by atoms with E-state index < -0.39 is 0 Å². The first-order valence-corrected chi connectivity index (χ1v) is 7.68. The highest BCUT2D eigenvalue weighted by Gasteiger charge is 2.37. The first-order valence-electron chi connectivity index (χ1n) is 6.53. The summed E-state index contributed by atoms with van der Waals surface area (Å²) in [6.45, 7) is 2.30. The zero-order chi connectivity index (χ0) is 11.5. The van der Waals surface area contributed by atoms with Crippen molar-refractivity contribution in [1.29, 1.82) is 0 Å². The molecule has 1 heterocycles. The summed E-state index contributed by atoms with van der Waals surface area (Å²) in [5.74, 6) is 3.29. The van der Waals surface area contributed by atoms with Gasteiger partial charge in [0.15, 0.2) is 0 Å². The molecule has 0 aromatic heterocycles. The van der Waals surface area contributed by atoms with E-state index in [1.54, 1.807) is 0 Å². The lowest BCUT2D eigenvalue weighted by Gasteiger charge is -2.23. The standard InChI is InChI=1S/C14H20N2S/c1-2-4-11(5-3-1)13-8-14(13)16-9-12-10-17-7-6-15-12/h1-5,12-16H,6-10H2. The second-order valence-electron chi connectivity index (χ2n) is 4.99. The van der Waals surface area contributed by atoms with E-state index in [0.717, 1.165) is 12.5 Å². The van der Waals surface area contributed by atoms with Crippen molar-refractivity contribution in [1.82, 2.24) is 10.6 Å². The molecule has 1 saturated heterocycles. The van der Waals surface area contributed by atoms with Crippen LogP contribution in [0.3, 0.4) is 0 Å². The SMILES string of the molecule is c1ccc(C2CC2NCC2CSCCN2)cc1. The van der Waals surface area contributed by atoms with Gasteiger partial charge in [0, 0.05) is 42.6 Å². The lowest BCUT2D eigenvalue weighted by Crippen LogP contribution is -2.45. The number of thioether (sulfide) groups is 1. The predicted molar refractivity (Wildman–Crippen MR) is 74.7 cm³/mol. The summed E-state index contributed by atoms with van der Waals surface area (Å²) in [5, 5.41) is 7.27. The van der Waals surface area contributed by atoms with Crippen LogP contribution in [0.25, 0.3) is 0 Å². The van der Waals surface area contributed by atoms with Crippen molar-refractivity contribution in [3.63, 3.8) is 0 Å². The van der Waals surface area contributed by atoms with Crippen molar-refractivity contribution in [2.45, 2.75) is 24.4 Å². The Labute approximate surface area is 108 Å². The van der Waals surface area contributed by atoms with Gasteiger partial charge in [0.25, 0.3) is 0 Å². The number of hydrogen-bond acceptors (Lipinski definition) is 3. The van der Waals surface area contributed by atoms with Crippen LogP contribution in [0.15, 0.2) is 30.3 Å². The molecule has 2 nitrogen and oxygen atoms in total. The van der Waals surface area contributed by atoms with Crippen LogP contribution >= 0.6 is 11.8 Å². The molecule has 3 unspecified atom stereocenters. The Balaban J connectivity index is 1.43. The normalized spacial score (nSPS) is 32.4. The van der Waals surface area contributed by atoms with E-state index in [1.165, 1.54) is 30.0 Å². The zero-order valence-corrected chi connectivity index (χ0v) is 10.9. The van der Waals surface area contributed by atoms with Crippen LogP contribution < -0.4 is 10.6 Å². The summed E-state index contributed by atoms with van der Waals surface area (Å²) in [4.78, 5) is 0. The largest absolute Gasteiger partial charge is 0.312 e. The Bertz CT molecular complexity index is 348. The number of rotatable bonds is 4. The van der Waals surface area contributed by atoms with Crippen molar-refractivity contribution in [2.75, 3.05) is 24.6 Å². The van der Waals surface area contributed by atoms with Crippen molar-refractivity contribution < 1.29 is 0 Å². The molecule has 0 radical (unpaired) electrons. The molecule has 2 aliphatic rings. The summed E-state index contributed by atoms with van der Waals surface area (Å²) in [6, 6.07) is 12.3. The van der Waals surface area contributed by atoms with Crippen LogP contribution in [0, 0.1) is 0 Å². The predicted octanol–water partition coefficient (Wildman–Crippen LogP) is 1.84. The van der Waals surface area contributed by atoms with Crippen LogP contribution in [0.1, 0.15) is 17.9 Å². The molecule has 0 amide bonds. The lowest BCUT2D eigenvalue weighted by molar-refractivity contribution is 0.509. The van der Waals surface area contributed by atoms with Crippen molar-refractivity contribution >= 4 is 11.8 Å². The Hall–Kier alpha value is -0.510. The molecule has 1 saturated carbocycles. The van der Waals surface area contributed by atoms with Gasteiger partial charge in [0.2, 0.25) is 0 Å². The summed E-state index contributed by atoms with van der Waals surface area (Å²) in [7, 11) is 0. The fraction of sp³-hybridized carbons (Fsp3) is 0.571. The Morgan fingerprint density at radius 2 is 2.18 bits per heavy atom. The summed E-state index contributed by atoms with van der Waals surface area (Å²) in [5.41, 5.74) is 1.50. The molecule has 3 heteroatoms. The smallest absolute Gasteiger partial charge is 0.0283 e. The average molecular weight is 248 g/mol. The zero-order valence-electron chi connectivity index (χ0n) is 10.1. The topological polar surface area (TPSA) is 24.1 Å². The second-order valence-corrected chi connectivity index (χ2v) is 6.14. The molecule has 1 aromatic carbocycles. The van der Waals surface area contributed by atoms with Gasteiger partial charge < -0.3 is 10.6 Å². The Kier molecular flexibility index (Phi) is 3.69. The molecule has 17 heavy (non-hydrogen) atoms. The molecule has 2 fully saturated rings. The van der Waals surface area contributed by atoms with Crippen LogP contribution in [-0.4, -0.2) is 36.7 Å². The molecule has 3 rings (SSSR count). The molecule has 1 aromatic rings. The molecule has 2 N–H and O–H groups in total. The highest BCUT2D eigenvalue weighted by atomic mass is 32.2. The van der Waals surface area contributed by atoms with E-state index in [9.17, 15) is 0 Å². The van der Waals surface area contributed by atoms with E-state index in [0.29, 0.717) is 12.1 Å². The average Bonchev–Trinajstić information content (AvgIpc) is 3.18. The number of hydrogen-bond donors (Lipinski definition) is 2. The van der Waals surface area contributed by atoms with Gasteiger partial charge in [0.05, 0.1) is 0 Å². The highest BCUT2D eigenvalue weighted by Crippen LogP contribution is 2.40. The maximum Gasteiger partial charge on any atom is 0.0283 e. The van der Waals surface area contributed by atoms with Crippen molar-refractivity contribution in [2.24, 2.45) is 0 Å². The van der Waals surface area contributed by atoms with E-state index >= 15 is 0 Å². The van der Waals surface area contributed by atoms with Gasteiger partial charge in [-0.25, -0.2) is 0 Å². The monoisotopic (exact) mass is 248 g/mol. The van der Waals surface area contributed by atoms with Gasteiger partial charge in [0.1, 0.15) is 0 Å². The molecule has 1 aliphatic heterocycles. The fourth-order valence-electron chi connectivity index (χ4n) is 2.53. The van der Waals surface area contributed by atoms with Gasteiger partial charge in [-0.05, 0) is 12.0 Å². The minimum Gasteiger partial charge on any atom is -0.312 e. The minimum atomic E-state index is 0.672. The summed E-state index contributed by atoms with van der Waals surface area (Å²) >= 11 is 2.07. The summed E-state index contributed by atoms with van der Waals surface area (Å²) in [6.07, 6.45) is 1.31. The Morgan fingerprint density at radius 3 is 2.94 bits per heavy atom. The molecule has 1 aliphatic carbocycles. The maximum atomic E-state index is 3.70. The van der Waals surface area contributed by atoms with Gasteiger partial charge in [-0.1, -0.05) is 30.3 Å². The minimum absolute atomic E-state index is 0.672. The molecule has 92 valence electrons. The second kappa shape index (κ2) is 5.42. The third kappa shape index (κ3) is 3.03. The third-order valence-electron chi connectivity index (χ3n) is 3.64. The van der Waals surface area contributed by atoms with Gasteiger partial charge in [-0.2, -0.15) is 11.8 Å². The van der Waals surface area contributed by atoms with E-state index in [1.807, 2.05) is 0 Å². The Morgan fingerprint density at radius 1 is 1.29 bits per heavy atom. The van der Waals surface area contributed by atoms with Crippen LogP contribution in [0.4, 0.5) is 0 Å². The molecule has 3 atom stereocenters. The third-order valence-corrected chi connectivity index (χ3v) is 4.77. The van der Waals surface area contributed by atoms with E-state index in [-0.39, 0.29) is 0 Å². The van der Waals surface area contributed by atoms with Crippen LogP contribution in [0.2, 0.25) is 0 Å². The number of nitrogens with one attached hydrogen (secondary N) is 2. The quantitative estimate of drug-likeness (QED) is 0.850. The summed E-state index contributed by atoms with van der Waals surface area (Å²) < 4.78 is 0. The van der Waals surface area contributed by atoms with Crippen molar-refractivity contribution in [3.05, 3.63) is 35.9 Å². The van der Waals surface area contributed by atoms with Gasteiger partial charge >= 0.3 is 0 Å². The maximum absolute atomic E-state index is 3.70. The fourth-order valence-corrected chi connectivity index (χ4v) is 3.48. The lowest BCUT2D eigenvalue weighted by atomic mass is 10.1. The van der Waals surface area contributed by atoms with Crippen LogP contribution in [0.5, 0.6) is 0 Å².